The number of fused-ring (bicyclic) bond motifs is 16. The fraction of sp³-hybridized carbons (Fsp3) is 0.0606. The summed E-state index contributed by atoms with van der Waals surface area (Å²) in [5, 5.41) is 4.57. The fourth-order valence-electron chi connectivity index (χ4n) is 12.3. The molecule has 1 spiro atoms. The number of benzene rings is 11. The largest absolute Gasteiger partial charge is 0.455 e. The molecule has 1 aliphatic heterocycles. The normalized spacial score (nSPS) is 14.1. The third-order valence-electron chi connectivity index (χ3n) is 15.3. The van der Waals surface area contributed by atoms with E-state index in [0.717, 1.165) is 33.6 Å². The molecular formula is C66H45NO. The van der Waals surface area contributed by atoms with Gasteiger partial charge in [-0.3, -0.25) is 0 Å². The van der Waals surface area contributed by atoms with Crippen LogP contribution in [0.5, 0.6) is 11.5 Å². The lowest BCUT2D eigenvalue weighted by molar-refractivity contribution is 0.447. The van der Waals surface area contributed by atoms with Crippen LogP contribution in [-0.4, -0.2) is 0 Å². The van der Waals surface area contributed by atoms with Gasteiger partial charge < -0.3 is 9.64 Å². The Morgan fingerprint density at radius 3 is 1.60 bits per heavy atom. The van der Waals surface area contributed by atoms with Crippen molar-refractivity contribution in [2.24, 2.45) is 0 Å². The molecular weight excluding hydrogens is 823 g/mol. The average Bonchev–Trinajstić information content (AvgIpc) is 3.82. The van der Waals surface area contributed by atoms with Gasteiger partial charge in [0.2, 0.25) is 0 Å². The van der Waals surface area contributed by atoms with Crippen LogP contribution in [0.4, 0.5) is 17.1 Å². The van der Waals surface area contributed by atoms with E-state index in [1.807, 2.05) is 0 Å². The van der Waals surface area contributed by atoms with E-state index in [1.54, 1.807) is 0 Å². The quantitative estimate of drug-likeness (QED) is 0.171. The molecule has 0 atom stereocenters. The molecule has 320 valence electrons. The maximum Gasteiger partial charge on any atom is 0.140 e. The molecule has 2 nitrogen and oxygen atoms in total. The predicted molar refractivity (Wildman–Crippen MR) is 282 cm³/mol. The van der Waals surface area contributed by atoms with Gasteiger partial charge in [-0.2, -0.15) is 0 Å². The maximum atomic E-state index is 7.23. The van der Waals surface area contributed by atoms with Crippen molar-refractivity contribution < 1.29 is 4.74 Å². The lowest BCUT2D eigenvalue weighted by Gasteiger charge is -2.40. The molecule has 11 aromatic carbocycles. The van der Waals surface area contributed by atoms with Crippen LogP contribution in [0.1, 0.15) is 47.2 Å². The van der Waals surface area contributed by atoms with Crippen molar-refractivity contribution in [2.45, 2.75) is 24.7 Å². The van der Waals surface area contributed by atoms with Crippen molar-refractivity contribution in [3.05, 3.63) is 270 Å². The van der Waals surface area contributed by atoms with E-state index >= 15 is 0 Å². The molecule has 0 bridgehead atoms. The fourth-order valence-corrected chi connectivity index (χ4v) is 12.3. The molecule has 0 fully saturated rings. The smallest absolute Gasteiger partial charge is 0.140 e. The molecule has 0 saturated heterocycles. The molecule has 2 heteroatoms. The van der Waals surface area contributed by atoms with E-state index in [-0.39, 0.29) is 5.41 Å². The molecule has 68 heavy (non-hydrogen) atoms. The van der Waals surface area contributed by atoms with Gasteiger partial charge in [0.05, 0.1) is 11.1 Å². The SMILES string of the molecule is CC1(C)c2ccccc2-c2c(N(c3ccc(-c4cccc5c4-c4ccccc4C54c5ccc6ccccc6c5Oc5c4ccc4ccccc54)cc3)c3cccc(-c4ccccc4)c3)cccc21. The highest BCUT2D eigenvalue weighted by Crippen LogP contribution is 2.65. The van der Waals surface area contributed by atoms with E-state index in [1.165, 1.54) is 94.3 Å². The summed E-state index contributed by atoms with van der Waals surface area (Å²) in [6.07, 6.45) is 0. The number of hydrogen-bond acceptors (Lipinski definition) is 2. The molecule has 3 aliphatic rings. The van der Waals surface area contributed by atoms with Gasteiger partial charge in [0.15, 0.2) is 0 Å². The molecule has 0 unspecified atom stereocenters. The van der Waals surface area contributed by atoms with Gasteiger partial charge >= 0.3 is 0 Å². The summed E-state index contributed by atoms with van der Waals surface area (Å²) >= 11 is 0. The maximum absolute atomic E-state index is 7.23. The lowest BCUT2D eigenvalue weighted by atomic mass is 9.65. The number of nitrogens with zero attached hydrogens (tertiary/aromatic N) is 1. The van der Waals surface area contributed by atoms with Crippen molar-refractivity contribution in [1.82, 2.24) is 0 Å². The number of rotatable bonds is 5. The first-order valence-corrected chi connectivity index (χ1v) is 23.8. The lowest BCUT2D eigenvalue weighted by Crippen LogP contribution is -2.32. The molecule has 0 aromatic heterocycles. The second-order valence-electron chi connectivity index (χ2n) is 19.1. The van der Waals surface area contributed by atoms with Crippen LogP contribution in [-0.2, 0) is 10.8 Å². The van der Waals surface area contributed by atoms with E-state index in [2.05, 4.69) is 255 Å². The molecule has 14 rings (SSSR count). The Hall–Kier alpha value is -8.46. The van der Waals surface area contributed by atoms with Crippen LogP contribution in [0.3, 0.4) is 0 Å². The van der Waals surface area contributed by atoms with Crippen LogP contribution in [0, 0.1) is 0 Å². The molecule has 0 amide bonds. The molecule has 11 aromatic rings. The van der Waals surface area contributed by atoms with Crippen molar-refractivity contribution in [1.29, 1.82) is 0 Å². The second-order valence-corrected chi connectivity index (χ2v) is 19.1. The first-order chi connectivity index (χ1) is 33.5. The standard InChI is InChI=1S/C66H45NO/c1-65(2)54-28-12-10-25-52(54)62-56(65)30-16-32-60(62)67(48-22-14-21-46(41-48)42-17-4-3-5-18-42)47-37-33-45(34-38-47)49-27-15-31-57-61(49)53-26-11-13-29-55(53)66(57)58-39-35-43-19-6-8-23-50(43)63(58)68-64-51-24-9-7-20-44(51)36-40-59(64)66/h3-41H,1-2H3. The third-order valence-corrected chi connectivity index (χ3v) is 15.3. The highest BCUT2D eigenvalue weighted by Gasteiger charge is 2.52. The van der Waals surface area contributed by atoms with E-state index in [9.17, 15) is 0 Å². The Bertz CT molecular complexity index is 3780. The summed E-state index contributed by atoms with van der Waals surface area (Å²) in [6, 6.07) is 87.3. The summed E-state index contributed by atoms with van der Waals surface area (Å²) in [5.41, 5.74) is 20.1. The molecule has 0 radical (unpaired) electrons. The van der Waals surface area contributed by atoms with Crippen LogP contribution in [0.15, 0.2) is 237 Å². The third kappa shape index (κ3) is 5.34. The Labute approximate surface area is 397 Å². The van der Waals surface area contributed by atoms with Gasteiger partial charge in [0.25, 0.3) is 0 Å². The number of hydrogen-bond donors (Lipinski definition) is 0. The summed E-state index contributed by atoms with van der Waals surface area (Å²) in [5.74, 6) is 1.86. The topological polar surface area (TPSA) is 12.5 Å². The predicted octanol–water partition coefficient (Wildman–Crippen LogP) is 17.6. The van der Waals surface area contributed by atoms with E-state index < -0.39 is 5.41 Å². The van der Waals surface area contributed by atoms with Crippen LogP contribution >= 0.6 is 0 Å². The van der Waals surface area contributed by atoms with Crippen molar-refractivity contribution in [3.8, 4) is 56.0 Å². The van der Waals surface area contributed by atoms with Crippen molar-refractivity contribution in [3.63, 3.8) is 0 Å². The second kappa shape index (κ2) is 14.5. The highest BCUT2D eigenvalue weighted by molar-refractivity contribution is 6.03. The molecule has 2 aliphatic carbocycles. The Morgan fingerprint density at radius 2 is 0.882 bits per heavy atom. The van der Waals surface area contributed by atoms with Gasteiger partial charge in [0, 0.05) is 44.3 Å². The first kappa shape index (κ1) is 38.8. The van der Waals surface area contributed by atoms with Gasteiger partial charge in [-0.1, -0.05) is 220 Å². The summed E-state index contributed by atoms with van der Waals surface area (Å²) < 4.78 is 7.23. The van der Waals surface area contributed by atoms with Gasteiger partial charge in [-0.25, -0.2) is 0 Å². The first-order valence-electron chi connectivity index (χ1n) is 23.8. The van der Waals surface area contributed by atoms with Crippen LogP contribution in [0.2, 0.25) is 0 Å². The Balaban J connectivity index is 0.978. The van der Waals surface area contributed by atoms with Gasteiger partial charge in [0.1, 0.15) is 11.5 Å². The van der Waals surface area contributed by atoms with E-state index in [4.69, 9.17) is 4.74 Å². The van der Waals surface area contributed by atoms with Gasteiger partial charge in [-0.15, -0.1) is 0 Å². The van der Waals surface area contributed by atoms with Gasteiger partial charge in [-0.05, 0) is 102 Å². The number of anilines is 3. The Kier molecular flexibility index (Phi) is 8.28. The number of ether oxygens (including phenoxy) is 1. The minimum atomic E-state index is -0.614. The monoisotopic (exact) mass is 867 g/mol. The highest BCUT2D eigenvalue weighted by atomic mass is 16.5. The van der Waals surface area contributed by atoms with Crippen molar-refractivity contribution >= 4 is 38.6 Å². The minimum Gasteiger partial charge on any atom is -0.455 e. The van der Waals surface area contributed by atoms with Crippen LogP contribution < -0.4 is 9.64 Å². The molecule has 0 N–H and O–H groups in total. The van der Waals surface area contributed by atoms with E-state index in [0.29, 0.717) is 0 Å². The zero-order valence-electron chi connectivity index (χ0n) is 37.9. The summed E-state index contributed by atoms with van der Waals surface area (Å²) in [7, 11) is 0. The average molecular weight is 868 g/mol. The minimum absolute atomic E-state index is 0.129. The summed E-state index contributed by atoms with van der Waals surface area (Å²) in [6.45, 7) is 4.72. The van der Waals surface area contributed by atoms with Crippen LogP contribution in [0.25, 0.3) is 66.1 Å². The zero-order chi connectivity index (χ0) is 45.1. The van der Waals surface area contributed by atoms with Crippen molar-refractivity contribution in [2.75, 3.05) is 4.90 Å². The molecule has 0 saturated carbocycles. The zero-order valence-corrected chi connectivity index (χ0v) is 37.9. The Morgan fingerprint density at radius 1 is 0.338 bits per heavy atom. The summed E-state index contributed by atoms with van der Waals surface area (Å²) in [4.78, 5) is 2.47. The molecule has 1 heterocycles.